The van der Waals surface area contributed by atoms with Crippen molar-refractivity contribution in [1.29, 1.82) is 0 Å². The van der Waals surface area contributed by atoms with E-state index in [1.165, 1.54) is 0 Å². The summed E-state index contributed by atoms with van der Waals surface area (Å²) >= 11 is 13.7. The molecule has 1 unspecified atom stereocenters. The first-order valence-corrected chi connectivity index (χ1v) is 8.63. The first-order chi connectivity index (χ1) is 10.9. The predicted octanol–water partition coefficient (Wildman–Crippen LogP) is 3.68. The summed E-state index contributed by atoms with van der Waals surface area (Å²) in [7, 11) is 3.92. The average Bonchev–Trinajstić information content (AvgIpc) is 2.94. The molecule has 8 heteroatoms. The molecule has 0 saturated heterocycles. The smallest absolute Gasteiger partial charge is 0.189 e. The lowest BCUT2D eigenvalue weighted by molar-refractivity contribution is 0.707. The van der Waals surface area contributed by atoms with E-state index in [0.717, 1.165) is 16.4 Å². The molecule has 5 nitrogen and oxygen atoms in total. The van der Waals surface area contributed by atoms with Crippen LogP contribution < -0.4 is 16.0 Å². The Kier molecular flexibility index (Phi) is 6.10. The van der Waals surface area contributed by atoms with E-state index in [4.69, 9.17) is 28.9 Å². The van der Waals surface area contributed by atoms with Crippen molar-refractivity contribution < 1.29 is 0 Å². The summed E-state index contributed by atoms with van der Waals surface area (Å²) in [6, 6.07) is 5.31. The molecule has 1 aromatic heterocycles. The molecule has 23 heavy (non-hydrogen) atoms. The highest BCUT2D eigenvalue weighted by Crippen LogP contribution is 2.26. The number of rotatable bonds is 5. The lowest BCUT2D eigenvalue weighted by Gasteiger charge is -2.16. The number of nitrogens with two attached hydrogens (primary N) is 1. The number of thiazole rings is 1. The molecule has 0 aliphatic heterocycles. The first kappa shape index (κ1) is 17.8. The van der Waals surface area contributed by atoms with Gasteiger partial charge in [0.2, 0.25) is 0 Å². The molecule has 2 rings (SSSR count). The first-order valence-electron chi connectivity index (χ1n) is 7.00. The van der Waals surface area contributed by atoms with Crippen molar-refractivity contribution in [3.05, 3.63) is 44.9 Å². The van der Waals surface area contributed by atoms with Gasteiger partial charge in [0.1, 0.15) is 0 Å². The Balaban J connectivity index is 1.98. The van der Waals surface area contributed by atoms with Crippen molar-refractivity contribution in [2.75, 3.05) is 19.0 Å². The largest absolute Gasteiger partial charge is 0.370 e. The number of halogens is 2. The third-order valence-corrected chi connectivity index (χ3v) is 4.75. The van der Waals surface area contributed by atoms with Gasteiger partial charge in [-0.2, -0.15) is 0 Å². The van der Waals surface area contributed by atoms with Crippen molar-refractivity contribution in [3.63, 3.8) is 0 Å². The van der Waals surface area contributed by atoms with Gasteiger partial charge in [-0.3, -0.25) is 0 Å². The number of hydrogen-bond donors (Lipinski definition) is 2. The molecule has 0 radical (unpaired) electrons. The Labute approximate surface area is 150 Å². The zero-order valence-corrected chi connectivity index (χ0v) is 15.5. The van der Waals surface area contributed by atoms with Crippen LogP contribution in [-0.2, 0) is 6.54 Å². The fourth-order valence-electron chi connectivity index (χ4n) is 1.94. The third-order valence-electron chi connectivity index (χ3n) is 3.13. The molecular formula is C15H19Cl2N5S. The summed E-state index contributed by atoms with van der Waals surface area (Å²) in [6.07, 6.45) is 0. The minimum atomic E-state index is -0.0729. The van der Waals surface area contributed by atoms with Gasteiger partial charge in [0.15, 0.2) is 11.1 Å². The molecule has 0 spiro atoms. The molecule has 0 saturated carbocycles. The fraction of sp³-hybridized carbons (Fsp3) is 0.333. The number of guanidine groups is 1. The third kappa shape index (κ3) is 4.99. The number of nitrogens with zero attached hydrogens (tertiary/aromatic N) is 3. The summed E-state index contributed by atoms with van der Waals surface area (Å²) in [6.45, 7) is 2.40. The average molecular weight is 372 g/mol. The summed E-state index contributed by atoms with van der Waals surface area (Å²) in [5.41, 5.74) is 7.75. The second-order valence-electron chi connectivity index (χ2n) is 5.25. The SMILES string of the molecule is CC(NC(N)=NCc1csc(N(C)C)n1)c1ccc(Cl)cc1Cl. The van der Waals surface area contributed by atoms with E-state index in [2.05, 4.69) is 15.3 Å². The molecule has 1 atom stereocenters. The Hall–Kier alpha value is -1.50. The maximum Gasteiger partial charge on any atom is 0.189 e. The van der Waals surface area contributed by atoms with E-state index >= 15 is 0 Å². The van der Waals surface area contributed by atoms with Crippen molar-refractivity contribution in [2.45, 2.75) is 19.5 Å². The van der Waals surface area contributed by atoms with Crippen LogP contribution in [-0.4, -0.2) is 25.0 Å². The highest BCUT2D eigenvalue weighted by Gasteiger charge is 2.11. The van der Waals surface area contributed by atoms with E-state index in [0.29, 0.717) is 22.5 Å². The van der Waals surface area contributed by atoms with Gasteiger partial charge in [-0.15, -0.1) is 11.3 Å². The van der Waals surface area contributed by atoms with Crippen LogP contribution >= 0.6 is 34.5 Å². The Morgan fingerprint density at radius 1 is 1.43 bits per heavy atom. The van der Waals surface area contributed by atoms with Gasteiger partial charge in [-0.1, -0.05) is 29.3 Å². The van der Waals surface area contributed by atoms with E-state index < -0.39 is 0 Å². The summed E-state index contributed by atoms with van der Waals surface area (Å²) < 4.78 is 0. The minimum absolute atomic E-state index is 0.0729. The standard InChI is InChI=1S/C15H19Cl2N5S/c1-9(12-5-4-10(16)6-13(12)17)20-14(18)19-7-11-8-23-15(21-11)22(2)3/h4-6,8-9H,7H2,1-3H3,(H3,18,19,20). The van der Waals surface area contributed by atoms with Crippen LogP contribution in [0.3, 0.4) is 0 Å². The highest BCUT2D eigenvalue weighted by molar-refractivity contribution is 7.13. The molecule has 1 aromatic carbocycles. The lowest BCUT2D eigenvalue weighted by atomic mass is 10.1. The molecular weight excluding hydrogens is 353 g/mol. The maximum atomic E-state index is 6.19. The van der Waals surface area contributed by atoms with Crippen molar-refractivity contribution in [3.8, 4) is 0 Å². The van der Waals surface area contributed by atoms with Gasteiger partial charge in [-0.25, -0.2) is 9.98 Å². The zero-order valence-electron chi connectivity index (χ0n) is 13.2. The van der Waals surface area contributed by atoms with Gasteiger partial charge >= 0.3 is 0 Å². The second kappa shape index (κ2) is 7.86. The normalized spacial score (nSPS) is 13.0. The summed E-state index contributed by atoms with van der Waals surface area (Å²) in [4.78, 5) is 10.7. The number of hydrogen-bond acceptors (Lipinski definition) is 4. The van der Waals surface area contributed by atoms with Crippen LogP contribution in [0.15, 0.2) is 28.6 Å². The van der Waals surface area contributed by atoms with Crippen LogP contribution in [0.4, 0.5) is 5.13 Å². The minimum Gasteiger partial charge on any atom is -0.370 e. The Bertz CT molecular complexity index is 699. The van der Waals surface area contributed by atoms with Crippen molar-refractivity contribution in [2.24, 2.45) is 10.7 Å². The monoisotopic (exact) mass is 371 g/mol. The van der Waals surface area contributed by atoms with E-state index in [1.54, 1.807) is 23.5 Å². The lowest BCUT2D eigenvalue weighted by Crippen LogP contribution is -2.34. The molecule has 3 N–H and O–H groups in total. The number of benzene rings is 1. The van der Waals surface area contributed by atoms with Gasteiger partial charge in [0, 0.05) is 29.5 Å². The van der Waals surface area contributed by atoms with E-state index in [-0.39, 0.29) is 6.04 Å². The van der Waals surface area contributed by atoms with Gasteiger partial charge in [-0.05, 0) is 24.6 Å². The highest BCUT2D eigenvalue weighted by atomic mass is 35.5. The molecule has 0 bridgehead atoms. The van der Waals surface area contributed by atoms with Gasteiger partial charge < -0.3 is 16.0 Å². The molecule has 124 valence electrons. The maximum absolute atomic E-state index is 6.19. The van der Waals surface area contributed by atoms with Gasteiger partial charge in [0.25, 0.3) is 0 Å². The van der Waals surface area contributed by atoms with E-state index in [1.807, 2.05) is 37.4 Å². The summed E-state index contributed by atoms with van der Waals surface area (Å²) in [5.74, 6) is 0.350. The predicted molar refractivity (Wildman–Crippen MR) is 99.8 cm³/mol. The molecule has 0 aliphatic carbocycles. The Morgan fingerprint density at radius 2 is 2.17 bits per heavy atom. The zero-order chi connectivity index (χ0) is 17.0. The van der Waals surface area contributed by atoms with Crippen LogP contribution in [0.5, 0.6) is 0 Å². The Morgan fingerprint density at radius 3 is 2.78 bits per heavy atom. The molecule has 0 fully saturated rings. The van der Waals surface area contributed by atoms with Crippen LogP contribution in [0.2, 0.25) is 10.0 Å². The molecule has 2 aromatic rings. The van der Waals surface area contributed by atoms with E-state index in [9.17, 15) is 0 Å². The number of nitrogens with one attached hydrogen (secondary N) is 1. The van der Waals surface area contributed by atoms with Crippen molar-refractivity contribution in [1.82, 2.24) is 10.3 Å². The number of anilines is 1. The summed E-state index contributed by atoms with van der Waals surface area (Å²) in [5, 5.41) is 7.25. The molecule has 1 heterocycles. The van der Waals surface area contributed by atoms with Crippen LogP contribution in [0.1, 0.15) is 24.2 Å². The molecule has 0 aliphatic rings. The molecule has 0 amide bonds. The fourth-order valence-corrected chi connectivity index (χ4v) is 3.26. The van der Waals surface area contributed by atoms with Gasteiger partial charge in [0.05, 0.1) is 18.3 Å². The number of aliphatic imine (C=N–C) groups is 1. The topological polar surface area (TPSA) is 66.5 Å². The van der Waals surface area contributed by atoms with Crippen LogP contribution in [0.25, 0.3) is 0 Å². The van der Waals surface area contributed by atoms with Crippen molar-refractivity contribution >= 4 is 45.6 Å². The van der Waals surface area contributed by atoms with Crippen LogP contribution in [0, 0.1) is 0 Å². The number of aromatic nitrogens is 1. The second-order valence-corrected chi connectivity index (χ2v) is 6.93. The quantitative estimate of drug-likeness (QED) is 0.621.